The van der Waals surface area contributed by atoms with Crippen LogP contribution in [0, 0.1) is 11.7 Å². The molecule has 2 unspecified atom stereocenters. The lowest BCUT2D eigenvalue weighted by Crippen LogP contribution is -2.39. The summed E-state index contributed by atoms with van der Waals surface area (Å²) in [5, 5.41) is 0. The molecule has 2 rings (SSSR count). The van der Waals surface area contributed by atoms with Crippen LogP contribution in [0.1, 0.15) is 18.9 Å². The van der Waals surface area contributed by atoms with Crippen molar-refractivity contribution >= 4 is 31.9 Å². The minimum absolute atomic E-state index is 0.195. The Hall–Kier alpha value is 0.0700. The Balaban J connectivity index is 1.99. The molecule has 0 radical (unpaired) electrons. The number of benzene rings is 1. The molecule has 1 nitrogen and oxygen atoms in total. The SMILES string of the molecule is CC1CCN(Cc2ccc(F)c(Br)c2)CC1Br. The monoisotopic (exact) mass is 363 g/mol. The third kappa shape index (κ3) is 3.52. The first-order valence-electron chi connectivity index (χ1n) is 5.86. The molecule has 0 N–H and O–H groups in total. The van der Waals surface area contributed by atoms with Gasteiger partial charge in [-0.15, -0.1) is 0 Å². The van der Waals surface area contributed by atoms with Gasteiger partial charge in [-0.3, -0.25) is 4.90 Å². The van der Waals surface area contributed by atoms with Crippen molar-refractivity contribution in [3.63, 3.8) is 0 Å². The summed E-state index contributed by atoms with van der Waals surface area (Å²) in [5.41, 5.74) is 1.16. The first-order chi connectivity index (χ1) is 8.06. The molecule has 0 saturated carbocycles. The lowest BCUT2D eigenvalue weighted by molar-refractivity contribution is 0.194. The zero-order chi connectivity index (χ0) is 12.4. The van der Waals surface area contributed by atoms with E-state index < -0.39 is 0 Å². The van der Waals surface area contributed by atoms with Gasteiger partial charge in [0, 0.05) is 17.9 Å². The van der Waals surface area contributed by atoms with Crippen molar-refractivity contribution in [2.45, 2.75) is 24.7 Å². The summed E-state index contributed by atoms with van der Waals surface area (Å²) >= 11 is 6.95. The van der Waals surface area contributed by atoms with Crippen LogP contribution in [-0.2, 0) is 6.54 Å². The molecule has 1 heterocycles. The lowest BCUT2D eigenvalue weighted by atomic mass is 9.98. The van der Waals surface area contributed by atoms with Gasteiger partial charge in [-0.1, -0.05) is 28.9 Å². The van der Waals surface area contributed by atoms with Gasteiger partial charge in [0.25, 0.3) is 0 Å². The lowest BCUT2D eigenvalue weighted by Gasteiger charge is -2.34. The van der Waals surface area contributed by atoms with E-state index >= 15 is 0 Å². The number of likely N-dealkylation sites (tertiary alicyclic amines) is 1. The first-order valence-corrected chi connectivity index (χ1v) is 7.57. The predicted octanol–water partition coefficient (Wildman–Crippen LogP) is 4.19. The van der Waals surface area contributed by atoms with E-state index in [2.05, 4.69) is 43.7 Å². The Kier molecular flexibility index (Phi) is 4.61. The van der Waals surface area contributed by atoms with Crippen molar-refractivity contribution < 1.29 is 4.39 Å². The second-order valence-electron chi connectivity index (χ2n) is 4.77. The fourth-order valence-corrected chi connectivity index (χ4v) is 3.22. The van der Waals surface area contributed by atoms with Gasteiger partial charge in [0.15, 0.2) is 0 Å². The number of alkyl halides is 1. The number of nitrogens with zero attached hydrogens (tertiary/aromatic N) is 1. The van der Waals surface area contributed by atoms with E-state index in [0.29, 0.717) is 9.30 Å². The molecule has 1 saturated heterocycles. The molecule has 1 fully saturated rings. The molecular formula is C13H16Br2FN. The Morgan fingerprint density at radius 2 is 2.24 bits per heavy atom. The second-order valence-corrected chi connectivity index (χ2v) is 6.80. The van der Waals surface area contributed by atoms with Crippen LogP contribution in [-0.4, -0.2) is 22.8 Å². The van der Waals surface area contributed by atoms with Crippen LogP contribution in [0.25, 0.3) is 0 Å². The van der Waals surface area contributed by atoms with Gasteiger partial charge in [0.1, 0.15) is 5.82 Å². The molecule has 2 atom stereocenters. The minimum Gasteiger partial charge on any atom is -0.298 e. The quantitative estimate of drug-likeness (QED) is 0.711. The van der Waals surface area contributed by atoms with Crippen LogP contribution in [0.4, 0.5) is 4.39 Å². The molecule has 17 heavy (non-hydrogen) atoms. The van der Waals surface area contributed by atoms with Crippen LogP contribution < -0.4 is 0 Å². The topological polar surface area (TPSA) is 3.24 Å². The molecule has 4 heteroatoms. The van der Waals surface area contributed by atoms with Gasteiger partial charge in [-0.2, -0.15) is 0 Å². The zero-order valence-electron chi connectivity index (χ0n) is 9.80. The van der Waals surface area contributed by atoms with Gasteiger partial charge < -0.3 is 0 Å². The average molecular weight is 365 g/mol. The van der Waals surface area contributed by atoms with E-state index in [1.54, 1.807) is 0 Å². The van der Waals surface area contributed by atoms with Crippen molar-refractivity contribution in [3.05, 3.63) is 34.1 Å². The van der Waals surface area contributed by atoms with Crippen LogP contribution in [0.5, 0.6) is 0 Å². The van der Waals surface area contributed by atoms with Gasteiger partial charge in [0.05, 0.1) is 4.47 Å². The molecular weight excluding hydrogens is 349 g/mol. The minimum atomic E-state index is -0.195. The van der Waals surface area contributed by atoms with Crippen LogP contribution in [0.3, 0.4) is 0 Å². The molecule has 1 aromatic carbocycles. The summed E-state index contributed by atoms with van der Waals surface area (Å²) in [7, 11) is 0. The van der Waals surface area contributed by atoms with E-state index in [9.17, 15) is 4.39 Å². The third-order valence-electron chi connectivity index (χ3n) is 3.34. The van der Waals surface area contributed by atoms with Crippen molar-refractivity contribution in [3.8, 4) is 0 Å². The first kappa shape index (κ1) is 13.5. The van der Waals surface area contributed by atoms with E-state index in [0.717, 1.165) is 31.1 Å². The largest absolute Gasteiger partial charge is 0.298 e. The number of hydrogen-bond donors (Lipinski definition) is 0. The van der Waals surface area contributed by atoms with E-state index in [1.807, 2.05) is 12.1 Å². The van der Waals surface area contributed by atoms with Crippen molar-refractivity contribution in [2.24, 2.45) is 5.92 Å². The number of hydrogen-bond acceptors (Lipinski definition) is 1. The van der Waals surface area contributed by atoms with Crippen LogP contribution >= 0.6 is 31.9 Å². The summed E-state index contributed by atoms with van der Waals surface area (Å²) < 4.78 is 13.7. The Morgan fingerprint density at radius 3 is 2.88 bits per heavy atom. The normalized spacial score (nSPS) is 26.1. The standard InChI is InChI=1S/C13H16Br2FN/c1-9-4-5-17(8-12(9)15)7-10-2-3-13(16)11(14)6-10/h2-3,6,9,12H,4-5,7-8H2,1H3. The van der Waals surface area contributed by atoms with E-state index in [4.69, 9.17) is 0 Å². The number of rotatable bonds is 2. The summed E-state index contributed by atoms with van der Waals surface area (Å²) in [5.74, 6) is 0.547. The molecule has 0 spiro atoms. The van der Waals surface area contributed by atoms with Gasteiger partial charge in [-0.05, 0) is 52.5 Å². The van der Waals surface area contributed by atoms with Crippen molar-refractivity contribution in [1.82, 2.24) is 4.90 Å². The highest BCUT2D eigenvalue weighted by atomic mass is 79.9. The van der Waals surface area contributed by atoms with Gasteiger partial charge in [-0.25, -0.2) is 4.39 Å². The van der Waals surface area contributed by atoms with Crippen LogP contribution in [0.2, 0.25) is 0 Å². The molecule has 1 aliphatic heterocycles. The molecule has 94 valence electrons. The second kappa shape index (κ2) is 5.81. The highest BCUT2D eigenvalue weighted by Crippen LogP contribution is 2.25. The molecule has 0 amide bonds. The maximum atomic E-state index is 13.1. The molecule has 0 aliphatic carbocycles. The Morgan fingerprint density at radius 1 is 1.47 bits per heavy atom. The maximum Gasteiger partial charge on any atom is 0.137 e. The molecule has 0 bridgehead atoms. The fraction of sp³-hybridized carbons (Fsp3) is 0.538. The summed E-state index contributed by atoms with van der Waals surface area (Å²) in [6.45, 7) is 5.37. The summed E-state index contributed by atoms with van der Waals surface area (Å²) in [4.78, 5) is 2.99. The highest BCUT2D eigenvalue weighted by molar-refractivity contribution is 9.10. The van der Waals surface area contributed by atoms with Gasteiger partial charge >= 0.3 is 0 Å². The Bertz CT molecular complexity index is 397. The maximum absolute atomic E-state index is 13.1. The average Bonchev–Trinajstić information content (AvgIpc) is 2.29. The molecule has 1 aromatic rings. The molecule has 0 aromatic heterocycles. The van der Waals surface area contributed by atoms with E-state index in [1.165, 1.54) is 12.5 Å². The Labute approximate surface area is 119 Å². The third-order valence-corrected chi connectivity index (χ3v) is 5.14. The van der Waals surface area contributed by atoms with Gasteiger partial charge in [0.2, 0.25) is 0 Å². The predicted molar refractivity (Wildman–Crippen MR) is 75.9 cm³/mol. The summed E-state index contributed by atoms with van der Waals surface area (Å²) in [6.07, 6.45) is 1.22. The van der Waals surface area contributed by atoms with Crippen molar-refractivity contribution in [2.75, 3.05) is 13.1 Å². The molecule has 1 aliphatic rings. The zero-order valence-corrected chi connectivity index (χ0v) is 13.0. The number of piperidine rings is 1. The fourth-order valence-electron chi connectivity index (χ4n) is 2.12. The smallest absolute Gasteiger partial charge is 0.137 e. The highest BCUT2D eigenvalue weighted by Gasteiger charge is 2.23. The van der Waals surface area contributed by atoms with E-state index in [-0.39, 0.29) is 5.82 Å². The van der Waals surface area contributed by atoms with Crippen LogP contribution in [0.15, 0.2) is 22.7 Å². The summed E-state index contributed by atoms with van der Waals surface area (Å²) in [6, 6.07) is 5.26. The van der Waals surface area contributed by atoms with Crippen molar-refractivity contribution in [1.29, 1.82) is 0 Å². The number of halogens is 3.